The normalized spacial score (nSPS) is 29.8. The summed E-state index contributed by atoms with van der Waals surface area (Å²) in [5.41, 5.74) is 3.52. The smallest absolute Gasteiger partial charge is 0.0236 e. The maximum absolute atomic E-state index is 3.68. The first kappa shape index (κ1) is 11.2. The third-order valence-electron chi connectivity index (χ3n) is 4.29. The SMILES string of the molecule is CC1(C)CC1NCC1Cc2ccccc2CN1. The first-order chi connectivity index (χ1) is 8.15. The Balaban J connectivity index is 1.54. The molecule has 0 bridgehead atoms. The average Bonchev–Trinajstić information content (AvgIpc) is 2.94. The van der Waals surface area contributed by atoms with E-state index in [9.17, 15) is 0 Å². The summed E-state index contributed by atoms with van der Waals surface area (Å²) in [5.74, 6) is 0. The van der Waals surface area contributed by atoms with Crippen LogP contribution < -0.4 is 10.6 Å². The molecule has 2 aliphatic rings. The van der Waals surface area contributed by atoms with Gasteiger partial charge in [-0.1, -0.05) is 38.1 Å². The fraction of sp³-hybridized carbons (Fsp3) is 0.600. The zero-order valence-corrected chi connectivity index (χ0v) is 10.8. The van der Waals surface area contributed by atoms with Crippen molar-refractivity contribution in [1.29, 1.82) is 0 Å². The Kier molecular flexibility index (Phi) is 2.72. The predicted octanol–water partition coefficient (Wildman–Crippen LogP) is 2.09. The van der Waals surface area contributed by atoms with E-state index in [-0.39, 0.29) is 0 Å². The molecule has 17 heavy (non-hydrogen) atoms. The summed E-state index contributed by atoms with van der Waals surface area (Å²) in [7, 11) is 0. The van der Waals surface area contributed by atoms with Crippen LogP contribution in [0.4, 0.5) is 0 Å². The van der Waals surface area contributed by atoms with E-state index in [1.807, 2.05) is 0 Å². The van der Waals surface area contributed by atoms with Gasteiger partial charge in [-0.2, -0.15) is 0 Å². The van der Waals surface area contributed by atoms with Crippen molar-refractivity contribution in [1.82, 2.24) is 10.6 Å². The van der Waals surface area contributed by atoms with Crippen molar-refractivity contribution >= 4 is 0 Å². The van der Waals surface area contributed by atoms with Crippen molar-refractivity contribution in [2.75, 3.05) is 6.54 Å². The van der Waals surface area contributed by atoms with Crippen LogP contribution in [0.5, 0.6) is 0 Å². The zero-order chi connectivity index (χ0) is 11.9. The molecule has 1 fully saturated rings. The highest BCUT2D eigenvalue weighted by molar-refractivity contribution is 5.30. The van der Waals surface area contributed by atoms with Gasteiger partial charge in [0.2, 0.25) is 0 Å². The van der Waals surface area contributed by atoms with Crippen molar-refractivity contribution in [3.63, 3.8) is 0 Å². The molecule has 0 spiro atoms. The Bertz CT molecular complexity index is 411. The van der Waals surface area contributed by atoms with Crippen LogP contribution in [0.25, 0.3) is 0 Å². The standard InChI is InChI=1S/C15H22N2/c1-15(2)8-14(15)17-10-13-7-11-5-3-4-6-12(11)9-16-13/h3-6,13-14,16-17H,7-10H2,1-2H3. The summed E-state index contributed by atoms with van der Waals surface area (Å²) in [5, 5.41) is 7.31. The van der Waals surface area contributed by atoms with E-state index in [1.165, 1.54) is 17.5 Å². The molecule has 1 aromatic rings. The number of hydrogen-bond acceptors (Lipinski definition) is 2. The Hall–Kier alpha value is -0.860. The van der Waals surface area contributed by atoms with Crippen molar-refractivity contribution in [3.8, 4) is 0 Å². The summed E-state index contributed by atoms with van der Waals surface area (Å²) in [6.07, 6.45) is 2.49. The van der Waals surface area contributed by atoms with Gasteiger partial charge in [0.25, 0.3) is 0 Å². The molecule has 3 rings (SSSR count). The Morgan fingerprint density at radius 2 is 2.00 bits per heavy atom. The first-order valence-corrected chi connectivity index (χ1v) is 6.69. The molecule has 0 amide bonds. The third kappa shape index (κ3) is 2.38. The Labute approximate surface area is 104 Å². The lowest BCUT2D eigenvalue weighted by atomic mass is 9.96. The van der Waals surface area contributed by atoms with Gasteiger partial charge in [-0.05, 0) is 29.4 Å². The van der Waals surface area contributed by atoms with Crippen LogP contribution in [0.1, 0.15) is 31.4 Å². The van der Waals surface area contributed by atoms with Crippen molar-refractivity contribution in [3.05, 3.63) is 35.4 Å². The molecule has 1 aliphatic carbocycles. The lowest BCUT2D eigenvalue weighted by Gasteiger charge is -2.26. The minimum atomic E-state index is 0.534. The minimum absolute atomic E-state index is 0.534. The molecule has 1 heterocycles. The van der Waals surface area contributed by atoms with Crippen molar-refractivity contribution in [2.45, 2.75) is 45.3 Å². The molecule has 0 saturated heterocycles. The summed E-state index contributed by atoms with van der Waals surface area (Å²) >= 11 is 0. The number of rotatable bonds is 3. The van der Waals surface area contributed by atoms with Gasteiger partial charge >= 0.3 is 0 Å². The second-order valence-corrected chi connectivity index (χ2v) is 6.20. The second-order valence-electron chi connectivity index (χ2n) is 6.20. The molecule has 0 aromatic heterocycles. The van der Waals surface area contributed by atoms with Crippen LogP contribution in [0.2, 0.25) is 0 Å². The zero-order valence-electron chi connectivity index (χ0n) is 10.8. The van der Waals surface area contributed by atoms with Crippen LogP contribution in [0.3, 0.4) is 0 Å². The fourth-order valence-corrected chi connectivity index (χ4v) is 2.77. The highest BCUT2D eigenvalue weighted by Gasteiger charge is 2.45. The highest BCUT2D eigenvalue weighted by Crippen LogP contribution is 2.44. The molecular weight excluding hydrogens is 208 g/mol. The van der Waals surface area contributed by atoms with Crippen molar-refractivity contribution < 1.29 is 0 Å². The number of benzene rings is 1. The van der Waals surface area contributed by atoms with Gasteiger partial charge in [-0.15, -0.1) is 0 Å². The highest BCUT2D eigenvalue weighted by atomic mass is 15.0. The lowest BCUT2D eigenvalue weighted by molar-refractivity contribution is 0.430. The van der Waals surface area contributed by atoms with Crippen LogP contribution in [0.15, 0.2) is 24.3 Å². The van der Waals surface area contributed by atoms with Crippen LogP contribution >= 0.6 is 0 Å². The quantitative estimate of drug-likeness (QED) is 0.831. The van der Waals surface area contributed by atoms with E-state index in [0.717, 1.165) is 25.6 Å². The van der Waals surface area contributed by atoms with E-state index >= 15 is 0 Å². The molecule has 0 radical (unpaired) electrons. The monoisotopic (exact) mass is 230 g/mol. The molecule has 1 aromatic carbocycles. The lowest BCUT2D eigenvalue weighted by Crippen LogP contribution is -2.44. The first-order valence-electron chi connectivity index (χ1n) is 6.69. The number of hydrogen-bond donors (Lipinski definition) is 2. The van der Waals surface area contributed by atoms with E-state index in [4.69, 9.17) is 0 Å². The maximum Gasteiger partial charge on any atom is 0.0236 e. The largest absolute Gasteiger partial charge is 0.312 e. The van der Waals surface area contributed by atoms with E-state index < -0.39 is 0 Å². The van der Waals surface area contributed by atoms with Gasteiger partial charge in [0.05, 0.1) is 0 Å². The van der Waals surface area contributed by atoms with E-state index in [1.54, 1.807) is 0 Å². The molecule has 1 saturated carbocycles. The average molecular weight is 230 g/mol. The Morgan fingerprint density at radius 3 is 2.71 bits per heavy atom. The third-order valence-corrected chi connectivity index (χ3v) is 4.29. The minimum Gasteiger partial charge on any atom is -0.312 e. The molecular formula is C15H22N2. The molecule has 1 aliphatic heterocycles. The molecule has 2 heteroatoms. The summed E-state index contributed by atoms with van der Waals surface area (Å²) in [4.78, 5) is 0. The van der Waals surface area contributed by atoms with Gasteiger partial charge in [-0.25, -0.2) is 0 Å². The van der Waals surface area contributed by atoms with Gasteiger partial charge in [0, 0.05) is 25.2 Å². The summed E-state index contributed by atoms with van der Waals surface area (Å²) in [6.45, 7) is 6.81. The molecule has 2 nitrogen and oxygen atoms in total. The second kappa shape index (κ2) is 4.11. The molecule has 2 N–H and O–H groups in total. The number of nitrogens with one attached hydrogen (secondary N) is 2. The van der Waals surface area contributed by atoms with E-state index in [0.29, 0.717) is 11.5 Å². The topological polar surface area (TPSA) is 24.1 Å². The van der Waals surface area contributed by atoms with Crippen LogP contribution in [-0.2, 0) is 13.0 Å². The molecule has 92 valence electrons. The molecule has 2 atom stereocenters. The summed E-state index contributed by atoms with van der Waals surface area (Å²) in [6, 6.07) is 10.1. The van der Waals surface area contributed by atoms with Gasteiger partial charge < -0.3 is 10.6 Å². The van der Waals surface area contributed by atoms with Gasteiger partial charge in [0.1, 0.15) is 0 Å². The van der Waals surface area contributed by atoms with E-state index in [2.05, 4.69) is 48.7 Å². The fourth-order valence-electron chi connectivity index (χ4n) is 2.77. The van der Waals surface area contributed by atoms with Crippen LogP contribution in [-0.4, -0.2) is 18.6 Å². The molecule has 2 unspecified atom stereocenters. The number of fused-ring (bicyclic) bond motifs is 1. The van der Waals surface area contributed by atoms with Gasteiger partial charge in [-0.3, -0.25) is 0 Å². The summed E-state index contributed by atoms with van der Waals surface area (Å²) < 4.78 is 0. The Morgan fingerprint density at radius 1 is 1.29 bits per heavy atom. The van der Waals surface area contributed by atoms with Crippen LogP contribution in [0, 0.1) is 5.41 Å². The predicted molar refractivity (Wildman–Crippen MR) is 71.0 cm³/mol. The van der Waals surface area contributed by atoms with Gasteiger partial charge in [0.15, 0.2) is 0 Å². The van der Waals surface area contributed by atoms with Crippen molar-refractivity contribution in [2.24, 2.45) is 5.41 Å². The maximum atomic E-state index is 3.68.